The second-order valence-corrected chi connectivity index (χ2v) is 5.23. The van der Waals surface area contributed by atoms with Gasteiger partial charge in [0.1, 0.15) is 11.3 Å². The SMILES string of the molecule is CC(C)(C)OC(=O)N1CCC[C@H]1c1cn[nH]n1. The third-order valence-electron chi connectivity index (χ3n) is 2.66. The van der Waals surface area contributed by atoms with E-state index in [1.165, 1.54) is 0 Å². The molecular weight excluding hydrogens is 220 g/mol. The number of hydrogen-bond acceptors (Lipinski definition) is 4. The van der Waals surface area contributed by atoms with Gasteiger partial charge in [0.25, 0.3) is 0 Å². The molecule has 6 nitrogen and oxygen atoms in total. The van der Waals surface area contributed by atoms with Gasteiger partial charge < -0.3 is 4.74 Å². The molecule has 6 heteroatoms. The second-order valence-electron chi connectivity index (χ2n) is 5.23. The highest BCUT2D eigenvalue weighted by Gasteiger charge is 2.34. The van der Waals surface area contributed by atoms with E-state index in [1.807, 2.05) is 20.8 Å². The molecule has 0 unspecified atom stereocenters. The van der Waals surface area contributed by atoms with Gasteiger partial charge in [-0.15, -0.1) is 0 Å². The van der Waals surface area contributed by atoms with E-state index in [0.29, 0.717) is 6.54 Å². The second kappa shape index (κ2) is 4.35. The lowest BCUT2D eigenvalue weighted by atomic mass is 10.1. The van der Waals surface area contributed by atoms with Gasteiger partial charge in [-0.25, -0.2) is 4.79 Å². The molecule has 1 fully saturated rings. The van der Waals surface area contributed by atoms with Crippen LogP contribution in [0.25, 0.3) is 0 Å². The van der Waals surface area contributed by atoms with Crippen molar-refractivity contribution in [1.29, 1.82) is 0 Å². The summed E-state index contributed by atoms with van der Waals surface area (Å²) in [6.45, 7) is 6.32. The van der Waals surface area contributed by atoms with Crippen LogP contribution in [0.1, 0.15) is 45.3 Å². The zero-order valence-corrected chi connectivity index (χ0v) is 10.4. The molecule has 0 bridgehead atoms. The monoisotopic (exact) mass is 238 g/mol. The maximum Gasteiger partial charge on any atom is 0.410 e. The summed E-state index contributed by atoms with van der Waals surface area (Å²) in [5, 5.41) is 10.4. The first kappa shape index (κ1) is 11.9. The van der Waals surface area contributed by atoms with E-state index in [1.54, 1.807) is 11.1 Å². The Morgan fingerprint density at radius 2 is 2.35 bits per heavy atom. The van der Waals surface area contributed by atoms with Gasteiger partial charge in [0.2, 0.25) is 0 Å². The van der Waals surface area contributed by atoms with Crippen LogP contribution in [0.3, 0.4) is 0 Å². The Labute approximate surface area is 100 Å². The minimum Gasteiger partial charge on any atom is -0.444 e. The molecule has 2 heterocycles. The molecule has 1 amide bonds. The van der Waals surface area contributed by atoms with Crippen LogP contribution in [0.2, 0.25) is 0 Å². The van der Waals surface area contributed by atoms with Crippen molar-refractivity contribution in [2.45, 2.75) is 45.3 Å². The van der Waals surface area contributed by atoms with Crippen LogP contribution in [0.5, 0.6) is 0 Å². The van der Waals surface area contributed by atoms with E-state index in [-0.39, 0.29) is 12.1 Å². The highest BCUT2D eigenvalue weighted by molar-refractivity contribution is 5.69. The minimum absolute atomic E-state index is 0.0106. The molecule has 2 rings (SSSR count). The first-order chi connectivity index (χ1) is 7.97. The van der Waals surface area contributed by atoms with Crippen molar-refractivity contribution in [1.82, 2.24) is 20.3 Å². The van der Waals surface area contributed by atoms with E-state index in [4.69, 9.17) is 4.74 Å². The standard InChI is InChI=1S/C11H18N4O2/c1-11(2,3)17-10(16)15-6-4-5-9(15)8-7-12-14-13-8/h7,9H,4-6H2,1-3H3,(H,12,13,14)/t9-/m0/s1. The number of ether oxygens (including phenoxy) is 1. The largest absolute Gasteiger partial charge is 0.444 e. The molecule has 1 aliphatic rings. The molecule has 0 saturated carbocycles. The maximum atomic E-state index is 12.0. The molecule has 1 aromatic rings. The molecule has 0 aliphatic carbocycles. The van der Waals surface area contributed by atoms with Crippen LogP contribution < -0.4 is 0 Å². The van der Waals surface area contributed by atoms with Crippen molar-refractivity contribution in [3.63, 3.8) is 0 Å². The molecule has 0 aromatic carbocycles. The Hall–Kier alpha value is -1.59. The number of carbonyl (C=O) groups is 1. The molecule has 1 saturated heterocycles. The molecule has 94 valence electrons. The van der Waals surface area contributed by atoms with Crippen molar-refractivity contribution in [3.05, 3.63) is 11.9 Å². The molecule has 1 aromatic heterocycles. The van der Waals surface area contributed by atoms with E-state index in [2.05, 4.69) is 15.4 Å². The summed E-state index contributed by atoms with van der Waals surface area (Å²) in [7, 11) is 0. The number of carbonyl (C=O) groups excluding carboxylic acids is 1. The van der Waals surface area contributed by atoms with Crippen molar-refractivity contribution < 1.29 is 9.53 Å². The quantitative estimate of drug-likeness (QED) is 0.810. The van der Waals surface area contributed by atoms with E-state index >= 15 is 0 Å². The first-order valence-corrected chi connectivity index (χ1v) is 5.83. The summed E-state index contributed by atoms with van der Waals surface area (Å²) in [5.41, 5.74) is 0.335. The van der Waals surface area contributed by atoms with Crippen LogP contribution in [0.15, 0.2) is 6.20 Å². The number of H-pyrrole nitrogens is 1. The Balaban J connectivity index is 2.07. The molecule has 1 atom stereocenters. The van der Waals surface area contributed by atoms with E-state index in [0.717, 1.165) is 18.5 Å². The van der Waals surface area contributed by atoms with E-state index in [9.17, 15) is 4.79 Å². The molecule has 1 aliphatic heterocycles. The van der Waals surface area contributed by atoms with Crippen molar-refractivity contribution in [3.8, 4) is 0 Å². The third kappa shape index (κ3) is 2.75. The summed E-state index contributed by atoms with van der Waals surface area (Å²) < 4.78 is 5.38. The average Bonchev–Trinajstić information content (AvgIpc) is 2.85. The summed E-state index contributed by atoms with van der Waals surface area (Å²) in [4.78, 5) is 13.7. The van der Waals surface area contributed by atoms with Gasteiger partial charge in [-0.1, -0.05) is 0 Å². The van der Waals surface area contributed by atoms with Gasteiger partial charge in [0.05, 0.1) is 12.2 Å². The molecule has 0 spiro atoms. The number of aromatic amines is 1. The number of rotatable bonds is 1. The summed E-state index contributed by atoms with van der Waals surface area (Å²) in [5.74, 6) is 0. The molecule has 1 N–H and O–H groups in total. The van der Waals surface area contributed by atoms with Crippen molar-refractivity contribution in [2.24, 2.45) is 0 Å². The summed E-state index contributed by atoms with van der Waals surface area (Å²) in [6.07, 6.45) is 3.26. The van der Waals surface area contributed by atoms with Crippen LogP contribution in [-0.4, -0.2) is 38.5 Å². The number of nitrogens with zero attached hydrogens (tertiary/aromatic N) is 3. The van der Waals surface area contributed by atoms with Crippen molar-refractivity contribution >= 4 is 6.09 Å². The fraction of sp³-hybridized carbons (Fsp3) is 0.727. The number of aromatic nitrogens is 3. The van der Waals surface area contributed by atoms with Gasteiger partial charge in [-0.05, 0) is 33.6 Å². The van der Waals surface area contributed by atoms with Gasteiger partial charge in [-0.2, -0.15) is 15.4 Å². The van der Waals surface area contributed by atoms with Crippen molar-refractivity contribution in [2.75, 3.05) is 6.54 Å². The first-order valence-electron chi connectivity index (χ1n) is 5.83. The topological polar surface area (TPSA) is 71.1 Å². The minimum atomic E-state index is -0.464. The normalized spacial score (nSPS) is 20.6. The van der Waals surface area contributed by atoms with Crippen LogP contribution in [-0.2, 0) is 4.74 Å². The average molecular weight is 238 g/mol. The Morgan fingerprint density at radius 1 is 1.59 bits per heavy atom. The molecular formula is C11H18N4O2. The molecule has 0 radical (unpaired) electrons. The number of nitrogens with one attached hydrogen (secondary N) is 1. The zero-order valence-electron chi connectivity index (χ0n) is 10.4. The van der Waals surface area contributed by atoms with Crippen LogP contribution >= 0.6 is 0 Å². The smallest absolute Gasteiger partial charge is 0.410 e. The van der Waals surface area contributed by atoms with Gasteiger partial charge in [-0.3, -0.25) is 4.90 Å². The summed E-state index contributed by atoms with van der Waals surface area (Å²) in [6, 6.07) is -0.0106. The number of likely N-dealkylation sites (tertiary alicyclic amines) is 1. The number of hydrogen-bond donors (Lipinski definition) is 1. The predicted octanol–water partition coefficient (Wildman–Crippen LogP) is 1.88. The lowest BCUT2D eigenvalue weighted by Crippen LogP contribution is -2.36. The lowest BCUT2D eigenvalue weighted by Gasteiger charge is -2.27. The number of amides is 1. The lowest BCUT2D eigenvalue weighted by molar-refractivity contribution is 0.0221. The highest BCUT2D eigenvalue weighted by atomic mass is 16.6. The van der Waals surface area contributed by atoms with Gasteiger partial charge in [0.15, 0.2) is 0 Å². The predicted molar refractivity (Wildman–Crippen MR) is 61.3 cm³/mol. The molecule has 17 heavy (non-hydrogen) atoms. The van der Waals surface area contributed by atoms with Gasteiger partial charge in [0, 0.05) is 6.54 Å². The highest BCUT2D eigenvalue weighted by Crippen LogP contribution is 2.31. The van der Waals surface area contributed by atoms with Crippen LogP contribution in [0.4, 0.5) is 4.79 Å². The Kier molecular flexibility index (Phi) is 3.04. The maximum absolute atomic E-state index is 12.0. The zero-order chi connectivity index (χ0) is 12.5. The van der Waals surface area contributed by atoms with E-state index < -0.39 is 5.60 Å². The summed E-state index contributed by atoms with van der Waals surface area (Å²) >= 11 is 0. The Bertz CT molecular complexity index is 383. The third-order valence-corrected chi connectivity index (χ3v) is 2.66. The fourth-order valence-corrected chi connectivity index (χ4v) is 1.98. The van der Waals surface area contributed by atoms with Gasteiger partial charge >= 0.3 is 6.09 Å². The Morgan fingerprint density at radius 3 is 2.94 bits per heavy atom. The fourth-order valence-electron chi connectivity index (χ4n) is 1.98. The van der Waals surface area contributed by atoms with Crippen LogP contribution in [0, 0.1) is 0 Å².